The maximum atomic E-state index is 12.2. The van der Waals surface area contributed by atoms with Crippen molar-refractivity contribution in [2.75, 3.05) is 13.7 Å². The Balaban J connectivity index is 2.32. The van der Waals surface area contributed by atoms with Crippen LogP contribution >= 0.6 is 0 Å². The summed E-state index contributed by atoms with van der Waals surface area (Å²) in [5, 5.41) is 2.86. The zero-order valence-corrected chi connectivity index (χ0v) is 10.1. The van der Waals surface area contributed by atoms with Gasteiger partial charge in [0, 0.05) is 0 Å². The lowest BCUT2D eigenvalue weighted by atomic mass is 9.89. The molecule has 4 nitrogen and oxygen atoms in total. The Morgan fingerprint density at radius 1 is 1.24 bits per heavy atom. The number of hydrogen-bond acceptors (Lipinski definition) is 3. The zero-order valence-electron chi connectivity index (χ0n) is 10.1. The highest BCUT2D eigenvalue weighted by molar-refractivity contribution is 6.06. The van der Waals surface area contributed by atoms with E-state index >= 15 is 0 Å². The first kappa shape index (κ1) is 12.0. The number of amides is 2. The minimum atomic E-state index is -0.226. The molecule has 17 heavy (non-hydrogen) atoms. The van der Waals surface area contributed by atoms with E-state index in [2.05, 4.69) is 18.5 Å². The number of nitrogens with one attached hydrogen (secondary N) is 1. The Hall–Kier alpha value is -1.42. The number of allylic oxidation sites excluding steroid dienone is 2. The molecule has 0 radical (unpaired) electrons. The number of imide groups is 1. The summed E-state index contributed by atoms with van der Waals surface area (Å²) in [5.41, 5.74) is 0. The summed E-state index contributed by atoms with van der Waals surface area (Å²) in [4.78, 5) is 25.7. The van der Waals surface area contributed by atoms with Crippen LogP contribution in [0.1, 0.15) is 6.42 Å². The molecule has 4 unspecified atom stereocenters. The van der Waals surface area contributed by atoms with Gasteiger partial charge in [-0.1, -0.05) is 12.2 Å². The van der Waals surface area contributed by atoms with Gasteiger partial charge in [-0.05, 0) is 25.3 Å². The van der Waals surface area contributed by atoms with E-state index in [-0.39, 0.29) is 35.5 Å². The van der Waals surface area contributed by atoms with Crippen molar-refractivity contribution >= 4 is 11.8 Å². The highest BCUT2D eigenvalue weighted by atomic mass is 16.2. The van der Waals surface area contributed by atoms with E-state index in [1.54, 1.807) is 19.2 Å². The highest BCUT2D eigenvalue weighted by Crippen LogP contribution is 2.48. The number of carbonyl (C=O) groups excluding carboxylic acids is 2. The van der Waals surface area contributed by atoms with Gasteiger partial charge in [0.25, 0.3) is 0 Å². The minimum absolute atomic E-state index is 0.0661. The Bertz CT molecular complexity index is 346. The van der Waals surface area contributed by atoms with Gasteiger partial charge >= 0.3 is 0 Å². The average molecular weight is 234 g/mol. The van der Waals surface area contributed by atoms with E-state index in [9.17, 15) is 9.59 Å². The Morgan fingerprint density at radius 2 is 1.71 bits per heavy atom. The quantitative estimate of drug-likeness (QED) is 0.577. The smallest absolute Gasteiger partial charge is 0.234 e. The topological polar surface area (TPSA) is 49.4 Å². The van der Waals surface area contributed by atoms with Gasteiger partial charge < -0.3 is 5.32 Å². The minimum Gasteiger partial charge on any atom is -0.302 e. The second-order valence-corrected chi connectivity index (χ2v) is 4.70. The molecule has 1 aliphatic heterocycles. The van der Waals surface area contributed by atoms with E-state index in [0.29, 0.717) is 6.67 Å². The van der Waals surface area contributed by atoms with Crippen molar-refractivity contribution in [3.05, 3.63) is 25.3 Å². The summed E-state index contributed by atoms with van der Waals surface area (Å²) in [6.45, 7) is 7.83. The summed E-state index contributed by atoms with van der Waals surface area (Å²) >= 11 is 0. The van der Waals surface area contributed by atoms with Crippen molar-refractivity contribution < 1.29 is 9.59 Å². The van der Waals surface area contributed by atoms with Crippen LogP contribution in [-0.4, -0.2) is 30.4 Å². The van der Waals surface area contributed by atoms with E-state index in [0.717, 1.165) is 6.42 Å². The SMILES string of the molecule is C=CC1CC(C=C)C2C(=O)N(CNC)C(=O)C12. The van der Waals surface area contributed by atoms with Gasteiger partial charge in [-0.15, -0.1) is 13.2 Å². The Kier molecular flexibility index (Phi) is 3.15. The van der Waals surface area contributed by atoms with E-state index in [1.165, 1.54) is 4.90 Å². The summed E-state index contributed by atoms with van der Waals surface area (Å²) in [6, 6.07) is 0. The monoisotopic (exact) mass is 234 g/mol. The van der Waals surface area contributed by atoms with Crippen molar-refractivity contribution in [1.29, 1.82) is 0 Å². The van der Waals surface area contributed by atoms with Crippen molar-refractivity contribution in [1.82, 2.24) is 10.2 Å². The maximum absolute atomic E-state index is 12.2. The molecular weight excluding hydrogens is 216 g/mol. The zero-order chi connectivity index (χ0) is 12.6. The molecule has 0 bridgehead atoms. The second-order valence-electron chi connectivity index (χ2n) is 4.70. The highest BCUT2D eigenvalue weighted by Gasteiger charge is 2.56. The van der Waals surface area contributed by atoms with Crippen LogP contribution < -0.4 is 5.32 Å². The normalized spacial score (nSPS) is 36.2. The van der Waals surface area contributed by atoms with Gasteiger partial charge in [0.15, 0.2) is 0 Å². The summed E-state index contributed by atoms with van der Waals surface area (Å²) in [5.74, 6) is -0.387. The molecule has 2 aliphatic rings. The molecule has 2 fully saturated rings. The molecule has 0 aromatic rings. The standard InChI is InChI=1S/C13H18N2O2/c1-4-8-6-9(5-2)11-10(8)12(16)15(7-14-3)13(11)17/h4-5,8-11,14H,1-2,6-7H2,3H3. The van der Waals surface area contributed by atoms with E-state index in [4.69, 9.17) is 0 Å². The van der Waals surface area contributed by atoms with Crippen LogP contribution in [0, 0.1) is 23.7 Å². The van der Waals surface area contributed by atoms with Crippen LogP contribution in [0.15, 0.2) is 25.3 Å². The number of fused-ring (bicyclic) bond motifs is 1. The van der Waals surface area contributed by atoms with Crippen LogP contribution in [0.4, 0.5) is 0 Å². The third-order valence-electron chi connectivity index (χ3n) is 3.88. The fourth-order valence-electron chi connectivity index (χ4n) is 3.08. The molecule has 1 saturated carbocycles. The van der Waals surface area contributed by atoms with Gasteiger partial charge in [0.2, 0.25) is 11.8 Å². The van der Waals surface area contributed by atoms with Crippen molar-refractivity contribution in [2.24, 2.45) is 23.7 Å². The molecule has 92 valence electrons. The lowest BCUT2D eigenvalue weighted by Gasteiger charge is -2.18. The summed E-state index contributed by atoms with van der Waals surface area (Å²) in [6.07, 6.45) is 4.41. The molecule has 4 heteroatoms. The predicted octanol–water partition coefficient (Wildman–Crippen LogP) is 0.773. The molecule has 1 N–H and O–H groups in total. The van der Waals surface area contributed by atoms with Crippen LogP contribution in [0.25, 0.3) is 0 Å². The molecule has 0 spiro atoms. The lowest BCUT2D eigenvalue weighted by Crippen LogP contribution is -2.39. The number of carbonyl (C=O) groups is 2. The van der Waals surface area contributed by atoms with Gasteiger partial charge in [-0.25, -0.2) is 0 Å². The lowest BCUT2D eigenvalue weighted by molar-refractivity contribution is -0.141. The molecule has 0 aromatic heterocycles. The number of nitrogens with zero attached hydrogens (tertiary/aromatic N) is 1. The average Bonchev–Trinajstić information content (AvgIpc) is 2.82. The largest absolute Gasteiger partial charge is 0.302 e. The number of likely N-dealkylation sites (tertiary alicyclic amines) is 1. The molecule has 2 rings (SSSR count). The first-order chi connectivity index (χ1) is 8.15. The van der Waals surface area contributed by atoms with Crippen LogP contribution in [0.3, 0.4) is 0 Å². The molecular formula is C13H18N2O2. The van der Waals surface area contributed by atoms with Crippen LogP contribution in [-0.2, 0) is 9.59 Å². The first-order valence-corrected chi connectivity index (χ1v) is 5.90. The van der Waals surface area contributed by atoms with E-state index in [1.807, 2.05) is 0 Å². The third kappa shape index (κ3) is 1.63. The molecule has 0 aromatic carbocycles. The van der Waals surface area contributed by atoms with Crippen LogP contribution in [0.5, 0.6) is 0 Å². The van der Waals surface area contributed by atoms with Gasteiger partial charge in [0.05, 0.1) is 18.5 Å². The Labute approximate surface area is 101 Å². The van der Waals surface area contributed by atoms with Crippen molar-refractivity contribution in [2.45, 2.75) is 6.42 Å². The van der Waals surface area contributed by atoms with Gasteiger partial charge in [0.1, 0.15) is 0 Å². The van der Waals surface area contributed by atoms with E-state index < -0.39 is 0 Å². The fraction of sp³-hybridized carbons (Fsp3) is 0.538. The number of hydrogen-bond donors (Lipinski definition) is 1. The van der Waals surface area contributed by atoms with Gasteiger partial charge in [-0.2, -0.15) is 0 Å². The van der Waals surface area contributed by atoms with Gasteiger partial charge in [-0.3, -0.25) is 14.5 Å². The first-order valence-electron chi connectivity index (χ1n) is 5.90. The molecule has 4 atom stereocenters. The molecule has 2 amide bonds. The number of rotatable bonds is 4. The maximum Gasteiger partial charge on any atom is 0.234 e. The molecule has 1 aliphatic carbocycles. The molecule has 1 saturated heterocycles. The van der Waals surface area contributed by atoms with Crippen molar-refractivity contribution in [3.8, 4) is 0 Å². The van der Waals surface area contributed by atoms with Crippen LogP contribution in [0.2, 0.25) is 0 Å². The summed E-state index contributed by atoms with van der Waals surface area (Å²) < 4.78 is 0. The Morgan fingerprint density at radius 3 is 2.06 bits per heavy atom. The predicted molar refractivity (Wildman–Crippen MR) is 64.8 cm³/mol. The third-order valence-corrected chi connectivity index (χ3v) is 3.88. The molecule has 1 heterocycles. The fourth-order valence-corrected chi connectivity index (χ4v) is 3.08. The summed E-state index contributed by atoms with van der Waals surface area (Å²) in [7, 11) is 1.73. The van der Waals surface area contributed by atoms with Crippen molar-refractivity contribution in [3.63, 3.8) is 0 Å². The second kappa shape index (κ2) is 4.45.